The smallest absolute Gasteiger partial charge is 0.419 e. The van der Waals surface area contributed by atoms with E-state index < -0.39 is 11.7 Å². The number of aryl methyl sites for hydroxylation is 1. The molecule has 1 saturated carbocycles. The summed E-state index contributed by atoms with van der Waals surface area (Å²) in [5.74, 6) is -1.11. The summed E-state index contributed by atoms with van der Waals surface area (Å²) in [5, 5.41) is 8.38. The molecular formula is C13H12ClNO5. The molecule has 2 aromatic rings. The van der Waals surface area contributed by atoms with Gasteiger partial charge in [-0.25, -0.2) is 4.79 Å². The quantitative estimate of drug-likeness (QED) is 0.857. The normalized spacial score (nSPS) is 13.7. The Kier molecular flexibility index (Phi) is 3.94. The number of benzene rings is 1. The first-order valence-corrected chi connectivity index (χ1v) is 6.29. The third-order valence-corrected chi connectivity index (χ3v) is 3.21. The van der Waals surface area contributed by atoms with Gasteiger partial charge in [-0.3, -0.25) is 14.2 Å². The van der Waals surface area contributed by atoms with Gasteiger partial charge >= 0.3 is 11.7 Å². The van der Waals surface area contributed by atoms with Gasteiger partial charge in [0.25, 0.3) is 0 Å². The highest BCUT2D eigenvalue weighted by Gasteiger charge is 2.28. The Morgan fingerprint density at radius 1 is 1.50 bits per heavy atom. The number of oxazole rings is 1. The fourth-order valence-electron chi connectivity index (χ4n) is 1.65. The lowest BCUT2D eigenvalue weighted by atomic mass is 10.2. The summed E-state index contributed by atoms with van der Waals surface area (Å²) in [6.07, 6.45) is 2.45. The minimum absolute atomic E-state index is 0.0185. The molecule has 0 bridgehead atoms. The van der Waals surface area contributed by atoms with E-state index >= 15 is 0 Å². The van der Waals surface area contributed by atoms with Crippen molar-refractivity contribution >= 4 is 35.0 Å². The molecule has 106 valence electrons. The maximum absolute atomic E-state index is 11.1. The zero-order chi connectivity index (χ0) is 14.9. The van der Waals surface area contributed by atoms with Crippen molar-refractivity contribution in [3.8, 4) is 0 Å². The van der Waals surface area contributed by atoms with Gasteiger partial charge in [0.05, 0.1) is 10.9 Å². The Bertz CT molecular complexity index is 726. The van der Waals surface area contributed by atoms with Crippen molar-refractivity contribution in [1.82, 2.24) is 4.57 Å². The van der Waals surface area contributed by atoms with Crippen LogP contribution in [0.4, 0.5) is 0 Å². The second-order valence-corrected chi connectivity index (χ2v) is 4.91. The van der Waals surface area contributed by atoms with E-state index in [4.69, 9.17) is 21.1 Å². The van der Waals surface area contributed by atoms with Crippen molar-refractivity contribution in [2.24, 2.45) is 13.0 Å². The van der Waals surface area contributed by atoms with Gasteiger partial charge in [-0.05, 0) is 25.0 Å². The largest absolute Gasteiger partial charge is 0.481 e. The number of aromatic nitrogens is 1. The monoisotopic (exact) mass is 297 g/mol. The van der Waals surface area contributed by atoms with Crippen LogP contribution in [0.1, 0.15) is 23.2 Å². The predicted octanol–water partition coefficient (Wildman–Crippen LogP) is 2.08. The Morgan fingerprint density at radius 2 is 2.15 bits per heavy atom. The molecule has 6 nitrogen and oxygen atoms in total. The molecule has 0 aliphatic heterocycles. The standard InChI is InChI=1S/C9H6ClNO3.C4H6O2/c1-11-8-6(10)2-5(4-12)3-7(8)14-9(11)13;5-4(6)3-1-2-3/h2-4H,1H3;3H,1-2H2,(H,5,6). The molecule has 0 saturated heterocycles. The zero-order valence-corrected chi connectivity index (χ0v) is 11.4. The lowest BCUT2D eigenvalue weighted by Gasteiger charge is -1.96. The van der Waals surface area contributed by atoms with Gasteiger partial charge in [0.1, 0.15) is 11.8 Å². The molecule has 1 heterocycles. The number of carbonyl (C=O) groups is 2. The van der Waals surface area contributed by atoms with E-state index in [1.807, 2.05) is 0 Å². The lowest BCUT2D eigenvalue weighted by Crippen LogP contribution is -2.08. The summed E-state index contributed by atoms with van der Waals surface area (Å²) in [6, 6.07) is 2.97. The molecule has 0 atom stereocenters. The van der Waals surface area contributed by atoms with Crippen molar-refractivity contribution in [2.45, 2.75) is 12.8 Å². The number of halogens is 1. The van der Waals surface area contributed by atoms with Crippen molar-refractivity contribution in [3.05, 3.63) is 33.3 Å². The molecule has 1 fully saturated rings. The fourth-order valence-corrected chi connectivity index (χ4v) is 2.00. The number of nitrogens with zero attached hydrogens (tertiary/aromatic N) is 1. The Labute approximate surface area is 118 Å². The van der Waals surface area contributed by atoms with Gasteiger partial charge in [0.2, 0.25) is 0 Å². The van der Waals surface area contributed by atoms with Crippen LogP contribution in [0.15, 0.2) is 21.3 Å². The minimum atomic E-state index is -0.630. The van der Waals surface area contributed by atoms with Gasteiger partial charge in [0.15, 0.2) is 5.58 Å². The van der Waals surface area contributed by atoms with Crippen LogP contribution in [0.25, 0.3) is 11.1 Å². The molecule has 1 aromatic carbocycles. The summed E-state index contributed by atoms with van der Waals surface area (Å²) in [6.45, 7) is 0. The number of fused-ring (bicyclic) bond motifs is 1. The van der Waals surface area contributed by atoms with Crippen LogP contribution in [0.2, 0.25) is 5.02 Å². The summed E-state index contributed by atoms with van der Waals surface area (Å²) in [7, 11) is 1.56. The molecule has 3 rings (SSSR count). The molecule has 1 aliphatic carbocycles. The Balaban J connectivity index is 0.000000205. The van der Waals surface area contributed by atoms with Crippen molar-refractivity contribution < 1.29 is 19.1 Å². The SMILES string of the molecule is Cn1c(=O)oc2cc(C=O)cc(Cl)c21.O=C(O)C1CC1. The van der Waals surface area contributed by atoms with E-state index in [1.165, 1.54) is 16.7 Å². The van der Waals surface area contributed by atoms with Gasteiger partial charge in [-0.2, -0.15) is 0 Å². The molecule has 1 aromatic heterocycles. The summed E-state index contributed by atoms with van der Waals surface area (Å²) in [4.78, 5) is 31.4. The molecular weight excluding hydrogens is 286 g/mol. The van der Waals surface area contributed by atoms with Crippen LogP contribution in [0.5, 0.6) is 0 Å². The third-order valence-electron chi connectivity index (χ3n) is 2.92. The number of rotatable bonds is 2. The average Bonchev–Trinajstić information content (AvgIpc) is 3.18. The number of carbonyl (C=O) groups excluding carboxylic acids is 1. The molecule has 20 heavy (non-hydrogen) atoms. The first-order valence-electron chi connectivity index (χ1n) is 5.91. The van der Waals surface area contributed by atoms with E-state index in [0.717, 1.165) is 12.8 Å². The van der Waals surface area contributed by atoms with E-state index in [-0.39, 0.29) is 5.92 Å². The van der Waals surface area contributed by atoms with E-state index in [1.54, 1.807) is 7.05 Å². The first kappa shape index (κ1) is 14.3. The number of hydrogen-bond acceptors (Lipinski definition) is 4. The topological polar surface area (TPSA) is 89.5 Å². The van der Waals surface area contributed by atoms with Crippen molar-refractivity contribution in [3.63, 3.8) is 0 Å². The highest BCUT2D eigenvalue weighted by atomic mass is 35.5. The fraction of sp³-hybridized carbons (Fsp3) is 0.308. The summed E-state index contributed by atoms with van der Waals surface area (Å²) in [5.41, 5.74) is 1.21. The molecule has 7 heteroatoms. The Morgan fingerprint density at radius 3 is 2.60 bits per heavy atom. The molecule has 0 unspecified atom stereocenters. The Hall–Kier alpha value is -2.08. The van der Waals surface area contributed by atoms with Crippen LogP contribution in [0.3, 0.4) is 0 Å². The highest BCUT2D eigenvalue weighted by Crippen LogP contribution is 2.28. The molecule has 0 amide bonds. The van der Waals surface area contributed by atoms with Gasteiger partial charge < -0.3 is 9.52 Å². The predicted molar refractivity (Wildman–Crippen MR) is 72.2 cm³/mol. The van der Waals surface area contributed by atoms with Crippen LogP contribution in [0, 0.1) is 5.92 Å². The van der Waals surface area contributed by atoms with Gasteiger partial charge in [-0.1, -0.05) is 11.6 Å². The second-order valence-electron chi connectivity index (χ2n) is 4.51. The van der Waals surface area contributed by atoms with Crippen LogP contribution in [-0.4, -0.2) is 21.9 Å². The number of carboxylic acid groups (broad SMARTS) is 1. The minimum Gasteiger partial charge on any atom is -0.481 e. The molecule has 1 aliphatic rings. The zero-order valence-electron chi connectivity index (χ0n) is 10.6. The van der Waals surface area contributed by atoms with Crippen LogP contribution >= 0.6 is 11.6 Å². The van der Waals surface area contributed by atoms with Crippen molar-refractivity contribution in [1.29, 1.82) is 0 Å². The molecule has 0 radical (unpaired) electrons. The number of aldehydes is 1. The third kappa shape index (κ3) is 2.91. The summed E-state index contributed by atoms with van der Waals surface area (Å²) < 4.78 is 6.18. The van der Waals surface area contributed by atoms with E-state index in [0.29, 0.717) is 28.0 Å². The number of aliphatic carboxylic acids is 1. The van der Waals surface area contributed by atoms with Crippen LogP contribution in [-0.2, 0) is 11.8 Å². The maximum atomic E-state index is 11.1. The highest BCUT2D eigenvalue weighted by molar-refractivity contribution is 6.35. The molecule has 1 N–H and O–H groups in total. The number of hydrogen-bond donors (Lipinski definition) is 1. The lowest BCUT2D eigenvalue weighted by molar-refractivity contribution is -0.138. The average molecular weight is 298 g/mol. The van der Waals surface area contributed by atoms with Gasteiger partial charge in [0, 0.05) is 12.6 Å². The number of carboxylic acids is 1. The maximum Gasteiger partial charge on any atom is 0.419 e. The van der Waals surface area contributed by atoms with E-state index in [9.17, 15) is 14.4 Å². The van der Waals surface area contributed by atoms with Crippen molar-refractivity contribution in [2.75, 3.05) is 0 Å². The van der Waals surface area contributed by atoms with E-state index in [2.05, 4.69) is 0 Å². The summed E-state index contributed by atoms with van der Waals surface area (Å²) >= 11 is 5.88. The second kappa shape index (κ2) is 5.50. The molecule has 0 spiro atoms. The first-order chi connectivity index (χ1) is 9.43. The van der Waals surface area contributed by atoms with Crippen LogP contribution < -0.4 is 5.76 Å². The van der Waals surface area contributed by atoms with Gasteiger partial charge in [-0.15, -0.1) is 0 Å².